The van der Waals surface area contributed by atoms with Crippen molar-refractivity contribution in [1.82, 2.24) is 55.1 Å². The quantitative estimate of drug-likeness (QED) is 0.0172. The molecule has 1 fully saturated rings. The Morgan fingerprint density at radius 1 is 0.519 bits per heavy atom. The average molecular weight is 1510 g/mol. The number of ether oxygens (including phenoxy) is 4. The van der Waals surface area contributed by atoms with Gasteiger partial charge in [-0.2, -0.15) is 11.8 Å². The van der Waals surface area contributed by atoms with Gasteiger partial charge in [0.2, 0.25) is 75.0 Å². The van der Waals surface area contributed by atoms with Crippen molar-refractivity contribution in [3.63, 3.8) is 0 Å². The van der Waals surface area contributed by atoms with E-state index < -0.39 is 139 Å². The number of benzene rings is 2. The summed E-state index contributed by atoms with van der Waals surface area (Å²) < 4.78 is 45.1. The molecule has 0 saturated heterocycles. The average Bonchev–Trinajstić information content (AvgIpc) is 1.63. The summed E-state index contributed by atoms with van der Waals surface area (Å²) >= 11 is 1.44. The molecule has 2 atom stereocenters. The van der Waals surface area contributed by atoms with E-state index in [1.165, 1.54) is 76.8 Å². The molecule has 584 valence electrons. The molecule has 11 amide bonds. The number of rotatable bonds is 56. The first-order chi connectivity index (χ1) is 49.7. The zero-order valence-electron chi connectivity index (χ0n) is 60.9. The third kappa shape index (κ3) is 35.6. The van der Waals surface area contributed by atoms with Crippen molar-refractivity contribution in [2.45, 2.75) is 93.8 Å². The van der Waals surface area contributed by atoms with Crippen molar-refractivity contribution in [3.05, 3.63) is 65.7 Å². The number of carbonyl (C=O) groups excluding carboxylic acids is 11. The van der Waals surface area contributed by atoms with Gasteiger partial charge in [0.15, 0.2) is 5.96 Å². The molecule has 104 heavy (non-hydrogen) atoms. The van der Waals surface area contributed by atoms with Gasteiger partial charge in [0.1, 0.15) is 18.6 Å². The lowest BCUT2D eigenvalue weighted by Gasteiger charge is -2.32. The Bertz CT molecular complexity index is 3160. The molecule has 1 saturated carbocycles. The van der Waals surface area contributed by atoms with Gasteiger partial charge in [0, 0.05) is 93.4 Å². The number of sulfonamides is 1. The van der Waals surface area contributed by atoms with Crippen molar-refractivity contribution in [2.75, 3.05) is 191 Å². The molecule has 0 radical (unpaired) electrons. The fraction of sp³-hybridized carbons (Fsp3) is 0.642. The molecule has 37 heteroatoms. The fourth-order valence-electron chi connectivity index (χ4n) is 10.5. The molecule has 35 nitrogen and oxygen atoms in total. The third-order valence-electron chi connectivity index (χ3n) is 16.6. The first-order valence-corrected chi connectivity index (χ1v) is 37.6. The minimum atomic E-state index is -3.97. The number of primary amides is 1. The van der Waals surface area contributed by atoms with Crippen LogP contribution in [0.5, 0.6) is 0 Å². The number of carbonyl (C=O) groups is 11. The molecule has 3 rings (SSSR count). The van der Waals surface area contributed by atoms with Crippen LogP contribution in [0.25, 0.3) is 0 Å². The Morgan fingerprint density at radius 3 is 1.38 bits per heavy atom. The second kappa shape index (κ2) is 50.3. The molecule has 0 heterocycles. The highest BCUT2D eigenvalue weighted by atomic mass is 32.2. The maximum atomic E-state index is 14.7. The molecule has 2 aromatic rings. The maximum absolute atomic E-state index is 14.7. The molecule has 0 bridgehead atoms. The summed E-state index contributed by atoms with van der Waals surface area (Å²) in [4.78, 5) is 169. The first-order valence-electron chi connectivity index (χ1n) is 34.6. The summed E-state index contributed by atoms with van der Waals surface area (Å²) in [6, 6.07) is 12.7. The normalized spacial score (nSPS) is 12.4. The number of guanidine groups is 1. The van der Waals surface area contributed by atoms with Gasteiger partial charge in [-0.05, 0) is 113 Å². The van der Waals surface area contributed by atoms with Crippen LogP contribution in [0, 0.1) is 0 Å². The Balaban J connectivity index is 1.88. The van der Waals surface area contributed by atoms with Crippen molar-refractivity contribution in [2.24, 2.45) is 38.8 Å². The molecule has 0 unspecified atom stereocenters. The maximum Gasteiger partial charge on any atom is 0.243 e. The molecule has 0 aromatic heterocycles. The van der Waals surface area contributed by atoms with Gasteiger partial charge in [0.25, 0.3) is 0 Å². The molecular formula is C67H112N18O17S2. The van der Waals surface area contributed by atoms with Crippen molar-refractivity contribution < 1.29 is 80.1 Å². The molecule has 2 aromatic carbocycles. The van der Waals surface area contributed by atoms with E-state index in [1.807, 2.05) is 36.6 Å². The van der Waals surface area contributed by atoms with Crippen LogP contribution in [-0.4, -0.2) is 328 Å². The lowest BCUT2D eigenvalue weighted by atomic mass is 10.1. The predicted molar refractivity (Wildman–Crippen MR) is 391 cm³/mol. The number of unbranched alkanes of at least 4 members (excludes halogenated alkanes) is 2. The number of thioether (sulfide) groups is 1. The SMILES string of the molecule is COCCN(CC(=O)N[C@@H](CCCN=C(N)N)C(=O)N[C@@H](CCSC)C(N)=O)C(=O)CN(CCOC)C(=O)CN(CCOC)C(=O)CN(CCOC)C(=O)CN(CCCCN)C(=O)CN(CCCCN)C(=O)CN(C(=O)CN(CCc1ccc(S(N)(=O)=O)cc1)C(=O)CNCc1ccccc1)C1CC1. The molecule has 0 aliphatic heterocycles. The monoisotopic (exact) mass is 1500 g/mol. The van der Waals surface area contributed by atoms with E-state index in [0.29, 0.717) is 56.4 Å². The predicted octanol–water partition coefficient (Wildman–Crippen LogP) is -4.22. The summed E-state index contributed by atoms with van der Waals surface area (Å²) in [6.45, 7) is -4.25. The van der Waals surface area contributed by atoms with Crippen LogP contribution in [0.15, 0.2) is 64.5 Å². The smallest absolute Gasteiger partial charge is 0.243 e. The highest BCUT2D eigenvalue weighted by Crippen LogP contribution is 2.27. The van der Waals surface area contributed by atoms with Crippen LogP contribution < -0.4 is 49.8 Å². The van der Waals surface area contributed by atoms with E-state index in [-0.39, 0.29) is 141 Å². The van der Waals surface area contributed by atoms with Crippen molar-refractivity contribution in [1.29, 1.82) is 0 Å². The van der Waals surface area contributed by atoms with E-state index in [9.17, 15) is 61.2 Å². The topological polar surface area (TPSA) is 489 Å². The highest BCUT2D eigenvalue weighted by molar-refractivity contribution is 7.98. The van der Waals surface area contributed by atoms with Gasteiger partial charge < -0.3 is 103 Å². The Kier molecular flexibility index (Phi) is 43.6. The highest BCUT2D eigenvalue weighted by Gasteiger charge is 2.37. The van der Waals surface area contributed by atoms with Crippen LogP contribution in [0.2, 0.25) is 0 Å². The van der Waals surface area contributed by atoms with Gasteiger partial charge in [-0.25, -0.2) is 13.6 Å². The minimum Gasteiger partial charge on any atom is -0.383 e. The van der Waals surface area contributed by atoms with Crippen LogP contribution in [-0.2, 0) is 94.7 Å². The van der Waals surface area contributed by atoms with Gasteiger partial charge >= 0.3 is 0 Å². The minimum absolute atomic E-state index is 0.0145. The van der Waals surface area contributed by atoms with Gasteiger partial charge in [0.05, 0.1) is 83.7 Å². The lowest BCUT2D eigenvalue weighted by molar-refractivity contribution is -0.149. The Labute approximate surface area is 614 Å². The molecule has 0 spiro atoms. The second-order valence-electron chi connectivity index (χ2n) is 24.8. The summed E-state index contributed by atoms with van der Waals surface area (Å²) in [5.74, 6) is -6.95. The zero-order valence-corrected chi connectivity index (χ0v) is 62.6. The number of nitrogens with one attached hydrogen (secondary N) is 3. The molecule has 15 N–H and O–H groups in total. The summed E-state index contributed by atoms with van der Waals surface area (Å²) in [5, 5.41) is 13.7. The fourth-order valence-corrected chi connectivity index (χ4v) is 11.5. The largest absolute Gasteiger partial charge is 0.383 e. The van der Waals surface area contributed by atoms with Gasteiger partial charge in [-0.1, -0.05) is 42.5 Å². The Hall–Kier alpha value is -8.14. The van der Waals surface area contributed by atoms with E-state index in [1.54, 1.807) is 12.1 Å². The van der Waals surface area contributed by atoms with Gasteiger partial charge in [-0.15, -0.1) is 0 Å². The van der Waals surface area contributed by atoms with Crippen molar-refractivity contribution in [3.8, 4) is 0 Å². The summed E-state index contributed by atoms with van der Waals surface area (Å²) in [6.07, 6.45) is 5.36. The number of nitrogens with zero attached hydrogens (tertiary/aromatic N) is 9. The van der Waals surface area contributed by atoms with Crippen LogP contribution in [0.4, 0.5) is 0 Å². The van der Waals surface area contributed by atoms with E-state index in [4.69, 9.17) is 52.8 Å². The zero-order chi connectivity index (χ0) is 77.0. The summed E-state index contributed by atoms with van der Waals surface area (Å²) in [7, 11) is 1.56. The number of nitrogens with two attached hydrogens (primary N) is 6. The van der Waals surface area contributed by atoms with E-state index in [0.717, 1.165) is 20.3 Å². The standard InChI is InChI=1S/C67H112N18O17S2/c1-99-35-31-81(42-56(86)76-55(16-13-27-75-67(71)72)66(96)77-54(65(70)95)24-39-103-5)59(89)45-82(32-36-100-2)61(91)47-84(34-38-102-4)62(92)46-83(33-37-101-3)60(90)44-78(28-11-9-25-68)58(88)43-79(29-12-10-26-69)63(93)49-85(52-19-20-52)64(94)48-80(57(87)41-74-40-51-14-7-6-8-15-51)30-23-50-17-21-53(22-18-50)104(73,97)98/h6-8,14-15,17-18,21-22,52,54-55,74H,9-13,16,19-20,23-49,68-69H2,1-5H3,(H2,70,95)(H,76,86)(H,77,96)(H4,71,72,75)(H2,73,97,98)/t54-,55-/m0/s1. The number of hydrogen-bond donors (Lipinski definition) is 9. The number of primary sulfonamides is 1. The molecule has 1 aliphatic rings. The number of methoxy groups -OCH3 is 4. The van der Waals surface area contributed by atoms with Crippen molar-refractivity contribution >= 4 is 92.7 Å². The van der Waals surface area contributed by atoms with Crippen LogP contribution in [0.3, 0.4) is 0 Å². The number of hydrogen-bond acceptors (Lipinski definition) is 22. The van der Waals surface area contributed by atoms with E-state index in [2.05, 4.69) is 20.9 Å². The Morgan fingerprint density at radius 2 is 0.962 bits per heavy atom. The second-order valence-corrected chi connectivity index (χ2v) is 27.3. The van der Waals surface area contributed by atoms with Crippen LogP contribution >= 0.6 is 11.8 Å². The molecule has 1 aliphatic carbocycles. The first kappa shape index (κ1) is 90.1. The number of amides is 11. The summed E-state index contributed by atoms with van der Waals surface area (Å²) in [5.41, 5.74) is 29.9. The third-order valence-corrected chi connectivity index (χ3v) is 18.2. The lowest BCUT2D eigenvalue weighted by Crippen LogP contribution is -2.55. The number of aliphatic imine (C=N–C) groups is 1. The van der Waals surface area contributed by atoms with E-state index >= 15 is 0 Å². The molecular weight excluding hydrogens is 1390 g/mol. The van der Waals surface area contributed by atoms with Crippen LogP contribution in [0.1, 0.15) is 68.9 Å². The van der Waals surface area contributed by atoms with Gasteiger partial charge in [-0.3, -0.25) is 57.7 Å².